The van der Waals surface area contributed by atoms with Crippen molar-refractivity contribution in [1.82, 2.24) is 0 Å². The minimum Gasteiger partial charge on any atom is -0.396 e. The quantitative estimate of drug-likeness (QED) is 0.173. The summed E-state index contributed by atoms with van der Waals surface area (Å²) in [4.78, 5) is 0.112. The Morgan fingerprint density at radius 1 is 0.955 bits per heavy atom. The third kappa shape index (κ3) is 13.3. The number of rotatable bonds is 15. The van der Waals surface area contributed by atoms with Crippen LogP contribution in [0.15, 0.2) is 0 Å². The fourth-order valence-corrected chi connectivity index (χ4v) is 5.19. The van der Waals surface area contributed by atoms with E-state index in [4.69, 9.17) is 18.9 Å². The lowest BCUT2D eigenvalue weighted by molar-refractivity contribution is 0.101. The molecule has 3 atom stereocenters. The summed E-state index contributed by atoms with van der Waals surface area (Å²) in [5, 5.41) is 10.0. The monoisotopic (exact) mass is 594 g/mol. The summed E-state index contributed by atoms with van der Waals surface area (Å²) in [6.07, 6.45) is 1.57. The molecule has 0 aromatic rings. The van der Waals surface area contributed by atoms with Crippen LogP contribution in [0.25, 0.3) is 0 Å². The summed E-state index contributed by atoms with van der Waals surface area (Å²) in [6.45, 7) is 1.80. The minimum absolute atomic E-state index is 0.0249. The number of hydrogen-bond donors (Lipinski definition) is 1. The number of hydrogen-bond acceptors (Lipinski definition) is 5. The zero-order valence-electron chi connectivity index (χ0n) is 12.3. The molecular formula is C12H23Br4O5P. The molecule has 134 valence electrons. The van der Waals surface area contributed by atoms with Crippen molar-refractivity contribution >= 4 is 71.3 Å². The average Bonchev–Trinajstić information content (AvgIpc) is 2.51. The number of alkyl halides is 4. The Bertz CT molecular complexity index is 311. The Kier molecular flexibility index (Phi) is 16.6. The third-order valence-electron chi connectivity index (χ3n) is 2.38. The normalized spacial score (nSPS) is 17.1. The van der Waals surface area contributed by atoms with Crippen molar-refractivity contribution in [3.05, 3.63) is 0 Å². The predicted molar refractivity (Wildman–Crippen MR) is 105 cm³/mol. The van der Waals surface area contributed by atoms with Crippen LogP contribution in [-0.2, 0) is 18.3 Å². The number of aliphatic hydroxyl groups is 1. The van der Waals surface area contributed by atoms with E-state index in [1.807, 2.05) is 0 Å². The van der Waals surface area contributed by atoms with Crippen LogP contribution in [0.5, 0.6) is 0 Å². The van der Waals surface area contributed by atoms with Crippen molar-refractivity contribution in [2.45, 2.75) is 22.5 Å². The summed E-state index contributed by atoms with van der Waals surface area (Å²) < 4.78 is 29.1. The predicted octanol–water partition coefficient (Wildman–Crippen LogP) is 4.32. The molecule has 5 nitrogen and oxygen atoms in total. The number of aliphatic hydroxyl groups excluding tert-OH is 1. The fourth-order valence-electron chi connectivity index (χ4n) is 1.31. The molecular weight excluding hydrogens is 575 g/mol. The molecule has 0 radical (unpaired) electrons. The van der Waals surface area contributed by atoms with Crippen molar-refractivity contribution in [3.8, 4) is 0 Å². The van der Waals surface area contributed by atoms with Gasteiger partial charge in [0.05, 0.1) is 19.4 Å². The molecule has 0 amide bonds. The maximum atomic E-state index is 12.7. The summed E-state index contributed by atoms with van der Waals surface area (Å²) in [7, 11) is -3.14. The highest BCUT2D eigenvalue weighted by molar-refractivity contribution is 9.12. The fraction of sp³-hybridized carbons (Fsp3) is 1.00. The first kappa shape index (κ1) is 24.0. The largest absolute Gasteiger partial charge is 0.396 e. The van der Waals surface area contributed by atoms with Gasteiger partial charge in [-0.2, -0.15) is 0 Å². The van der Waals surface area contributed by atoms with Gasteiger partial charge in [0.15, 0.2) is 0 Å². The van der Waals surface area contributed by atoms with E-state index < -0.39 is 7.60 Å². The van der Waals surface area contributed by atoms with Gasteiger partial charge in [-0.05, 0) is 12.8 Å². The van der Waals surface area contributed by atoms with E-state index in [-0.39, 0.29) is 16.3 Å². The van der Waals surface area contributed by atoms with Gasteiger partial charge in [-0.15, -0.1) is 0 Å². The second-order valence-corrected chi connectivity index (χ2v) is 10.5. The topological polar surface area (TPSA) is 65.0 Å². The molecule has 0 heterocycles. The highest BCUT2D eigenvalue weighted by Crippen LogP contribution is 2.50. The van der Waals surface area contributed by atoms with Gasteiger partial charge in [0.2, 0.25) is 0 Å². The summed E-state index contributed by atoms with van der Waals surface area (Å²) >= 11 is 13.5. The van der Waals surface area contributed by atoms with E-state index >= 15 is 0 Å². The van der Waals surface area contributed by atoms with Gasteiger partial charge >= 0.3 is 7.60 Å². The Morgan fingerprint density at radius 2 is 1.59 bits per heavy atom. The molecule has 0 saturated carbocycles. The van der Waals surface area contributed by atoms with Crippen molar-refractivity contribution < 1.29 is 23.5 Å². The Hall–Kier alpha value is 1.99. The lowest BCUT2D eigenvalue weighted by Gasteiger charge is -2.21. The first-order chi connectivity index (χ1) is 10.5. The molecule has 22 heavy (non-hydrogen) atoms. The lowest BCUT2D eigenvalue weighted by atomic mass is 10.5. The average molecular weight is 598 g/mol. The maximum absolute atomic E-state index is 12.7. The van der Waals surface area contributed by atoms with Crippen molar-refractivity contribution in [1.29, 1.82) is 0 Å². The van der Waals surface area contributed by atoms with E-state index in [9.17, 15) is 4.57 Å². The first-order valence-corrected chi connectivity index (χ1v) is 12.7. The van der Waals surface area contributed by atoms with Crippen LogP contribution in [-0.4, -0.2) is 64.6 Å². The second-order valence-electron chi connectivity index (χ2n) is 4.47. The molecule has 0 bridgehead atoms. The van der Waals surface area contributed by atoms with Gasteiger partial charge in [0.1, 0.15) is 0 Å². The smallest absolute Gasteiger partial charge is 0.331 e. The molecule has 3 unspecified atom stereocenters. The number of halogens is 4. The molecule has 0 aromatic heterocycles. The van der Waals surface area contributed by atoms with Crippen molar-refractivity contribution in [2.24, 2.45) is 0 Å². The van der Waals surface area contributed by atoms with Crippen molar-refractivity contribution in [2.75, 3.05) is 49.9 Å². The first-order valence-electron chi connectivity index (χ1n) is 6.94. The Morgan fingerprint density at radius 3 is 2.18 bits per heavy atom. The van der Waals surface area contributed by atoms with Gasteiger partial charge in [0.25, 0.3) is 0 Å². The van der Waals surface area contributed by atoms with Crippen LogP contribution >= 0.6 is 71.3 Å². The van der Waals surface area contributed by atoms with Crippen LogP contribution in [0.2, 0.25) is 0 Å². The summed E-state index contributed by atoms with van der Waals surface area (Å²) in [5.41, 5.74) is 0. The van der Waals surface area contributed by atoms with E-state index in [0.717, 1.165) is 0 Å². The Labute approximate surface area is 166 Å². The molecule has 0 aliphatic carbocycles. The van der Waals surface area contributed by atoms with Crippen LogP contribution in [0.4, 0.5) is 0 Å². The van der Waals surface area contributed by atoms with Gasteiger partial charge in [-0.25, -0.2) is 0 Å². The minimum atomic E-state index is -3.14. The number of ether oxygens (including phenoxy) is 1. The standard InChI is InChI=1S/C12H23Br4O5P/c13-7-11(15)9-21-22(18,10-12(16)8-14)20-6-2-5-19-4-1-3-17/h11-12,17H,1-10H2. The van der Waals surface area contributed by atoms with E-state index in [1.54, 1.807) is 0 Å². The zero-order chi connectivity index (χ0) is 16.8. The van der Waals surface area contributed by atoms with Crippen LogP contribution < -0.4 is 0 Å². The molecule has 0 rings (SSSR count). The van der Waals surface area contributed by atoms with Gasteiger partial charge in [-0.3, -0.25) is 4.57 Å². The van der Waals surface area contributed by atoms with Crippen molar-refractivity contribution in [3.63, 3.8) is 0 Å². The third-order valence-corrected chi connectivity index (χ3v) is 9.42. The molecule has 10 heteroatoms. The molecule has 0 aliphatic heterocycles. The molecule has 1 N–H and O–H groups in total. The summed E-state index contributed by atoms with van der Waals surface area (Å²) in [5.74, 6) is 0. The molecule has 0 saturated heterocycles. The zero-order valence-corrected chi connectivity index (χ0v) is 19.5. The van der Waals surface area contributed by atoms with Crippen LogP contribution in [0.3, 0.4) is 0 Å². The highest BCUT2D eigenvalue weighted by atomic mass is 79.9. The maximum Gasteiger partial charge on any atom is 0.331 e. The van der Waals surface area contributed by atoms with Crippen LogP contribution in [0.1, 0.15) is 12.8 Å². The SMILES string of the molecule is O=P(CC(Br)CBr)(OCCCOCCCO)OCC(Br)CBr. The van der Waals surface area contributed by atoms with Gasteiger partial charge in [-0.1, -0.05) is 63.7 Å². The van der Waals surface area contributed by atoms with E-state index in [2.05, 4.69) is 63.7 Å². The molecule has 0 aromatic carbocycles. The van der Waals surface area contributed by atoms with E-state index in [1.165, 1.54) is 0 Å². The second kappa shape index (κ2) is 15.3. The molecule has 0 fully saturated rings. The highest BCUT2D eigenvalue weighted by Gasteiger charge is 2.28. The Balaban J connectivity index is 4.14. The molecule has 0 aliphatic rings. The van der Waals surface area contributed by atoms with E-state index in [0.29, 0.717) is 56.1 Å². The van der Waals surface area contributed by atoms with Crippen LogP contribution in [0, 0.1) is 0 Å². The lowest BCUT2D eigenvalue weighted by Crippen LogP contribution is -2.16. The molecule has 0 spiro atoms. The van der Waals surface area contributed by atoms with Gasteiger partial charge < -0.3 is 18.9 Å². The van der Waals surface area contributed by atoms with Gasteiger partial charge in [0, 0.05) is 40.1 Å². The summed E-state index contributed by atoms with van der Waals surface area (Å²) in [6, 6.07) is 0.